The van der Waals surface area contributed by atoms with Crippen LogP contribution in [0.25, 0.3) is 22.9 Å². The van der Waals surface area contributed by atoms with Crippen molar-refractivity contribution in [3.8, 4) is 0 Å². The smallest absolute Gasteiger partial charge is 0.00998 e. The zero-order valence-electron chi connectivity index (χ0n) is 12.8. The highest BCUT2D eigenvalue weighted by molar-refractivity contribution is 5.99. The third kappa shape index (κ3) is 2.05. The summed E-state index contributed by atoms with van der Waals surface area (Å²) in [5.74, 6) is 0. The van der Waals surface area contributed by atoms with Gasteiger partial charge in [0, 0.05) is 0 Å². The second-order valence-electron chi connectivity index (χ2n) is 6.29. The lowest BCUT2D eigenvalue weighted by Crippen LogP contribution is -2.04. The van der Waals surface area contributed by atoms with Crippen LogP contribution >= 0.6 is 0 Å². The molecule has 0 bridgehead atoms. The lowest BCUT2D eigenvalue weighted by atomic mass is 9.83. The van der Waals surface area contributed by atoms with Gasteiger partial charge in [-0.05, 0) is 70.7 Å². The Labute approximate surface area is 127 Å². The lowest BCUT2D eigenvalue weighted by molar-refractivity contribution is 0.881. The largest absolute Gasteiger partial charge is 0.0836 e. The molecule has 2 aliphatic carbocycles. The molecule has 106 valence electrons. The van der Waals surface area contributed by atoms with Crippen molar-refractivity contribution >= 4 is 22.9 Å². The first kappa shape index (κ1) is 12.9. The normalized spacial score (nSPS) is 16.0. The van der Waals surface area contributed by atoms with Gasteiger partial charge in [-0.3, -0.25) is 0 Å². The molecule has 2 aliphatic rings. The first-order valence-electron chi connectivity index (χ1n) is 8.32. The van der Waals surface area contributed by atoms with E-state index < -0.39 is 0 Å². The van der Waals surface area contributed by atoms with Crippen molar-refractivity contribution in [2.45, 2.75) is 45.4 Å². The van der Waals surface area contributed by atoms with Gasteiger partial charge >= 0.3 is 0 Å². The number of aryl methyl sites for hydroxylation is 2. The summed E-state index contributed by atoms with van der Waals surface area (Å²) in [7, 11) is 0. The number of hydrogen-bond acceptors (Lipinski definition) is 0. The molecule has 21 heavy (non-hydrogen) atoms. The van der Waals surface area contributed by atoms with Crippen LogP contribution in [0.1, 0.15) is 54.0 Å². The topological polar surface area (TPSA) is 0 Å². The van der Waals surface area contributed by atoms with Crippen LogP contribution in [-0.4, -0.2) is 0 Å². The van der Waals surface area contributed by atoms with Crippen LogP contribution in [0.5, 0.6) is 0 Å². The summed E-state index contributed by atoms with van der Waals surface area (Å²) in [4.78, 5) is 0. The zero-order valence-corrected chi connectivity index (χ0v) is 12.8. The molecule has 4 rings (SSSR count). The summed E-state index contributed by atoms with van der Waals surface area (Å²) in [6, 6.07) is 7.20. The molecule has 0 saturated carbocycles. The van der Waals surface area contributed by atoms with Crippen molar-refractivity contribution in [2.75, 3.05) is 0 Å². The summed E-state index contributed by atoms with van der Waals surface area (Å²) >= 11 is 0. The number of hydrogen-bond donors (Lipinski definition) is 0. The Morgan fingerprint density at radius 2 is 1.71 bits per heavy atom. The Bertz CT molecular complexity index is 759. The zero-order chi connectivity index (χ0) is 14.2. The van der Waals surface area contributed by atoms with Gasteiger partial charge in [0.15, 0.2) is 0 Å². The first-order chi connectivity index (χ1) is 10.4. The van der Waals surface area contributed by atoms with Gasteiger partial charge in [-0.15, -0.1) is 0 Å². The molecule has 0 aliphatic heterocycles. The Morgan fingerprint density at radius 1 is 0.905 bits per heavy atom. The van der Waals surface area contributed by atoms with Gasteiger partial charge < -0.3 is 0 Å². The van der Waals surface area contributed by atoms with Gasteiger partial charge in [0.25, 0.3) is 0 Å². The van der Waals surface area contributed by atoms with Crippen molar-refractivity contribution < 1.29 is 0 Å². The molecule has 2 aromatic rings. The quantitative estimate of drug-likeness (QED) is 0.658. The van der Waals surface area contributed by atoms with Crippen molar-refractivity contribution in [3.05, 3.63) is 58.2 Å². The fraction of sp³-hybridized carbons (Fsp3) is 0.333. The summed E-state index contributed by atoms with van der Waals surface area (Å²) in [6.45, 7) is 2.29. The maximum atomic E-state index is 2.49. The van der Waals surface area contributed by atoms with E-state index in [1.165, 1.54) is 66.0 Å². The average molecular weight is 274 g/mol. The maximum Gasteiger partial charge on any atom is -0.00998 e. The lowest BCUT2D eigenvalue weighted by Gasteiger charge is -2.21. The average Bonchev–Trinajstić information content (AvgIpc) is 2.55. The molecule has 0 N–H and O–H groups in total. The predicted octanol–water partition coefficient (Wildman–Crippen LogP) is 5.71. The van der Waals surface area contributed by atoms with Crippen LogP contribution in [0, 0.1) is 0 Å². The van der Waals surface area contributed by atoms with E-state index in [-0.39, 0.29) is 0 Å². The second-order valence-corrected chi connectivity index (χ2v) is 6.29. The van der Waals surface area contributed by atoms with E-state index in [1.54, 1.807) is 11.1 Å². The van der Waals surface area contributed by atoms with Gasteiger partial charge in [0.05, 0.1) is 0 Å². The second kappa shape index (κ2) is 5.18. The van der Waals surface area contributed by atoms with Crippen LogP contribution in [0.15, 0.2) is 30.4 Å². The molecule has 0 heteroatoms. The van der Waals surface area contributed by atoms with Crippen molar-refractivity contribution in [1.82, 2.24) is 0 Å². The first-order valence-corrected chi connectivity index (χ1v) is 8.32. The molecule has 0 radical (unpaired) electrons. The molecule has 0 heterocycles. The Hall–Kier alpha value is -1.82. The molecule has 0 nitrogen and oxygen atoms in total. The summed E-state index contributed by atoms with van der Waals surface area (Å²) in [6.07, 6.45) is 16.6. The van der Waals surface area contributed by atoms with Crippen LogP contribution in [0.4, 0.5) is 0 Å². The fourth-order valence-electron chi connectivity index (χ4n) is 3.93. The van der Waals surface area contributed by atoms with Gasteiger partial charge in [-0.2, -0.15) is 0 Å². The summed E-state index contributed by atoms with van der Waals surface area (Å²) in [5, 5.41) is 2.92. The van der Waals surface area contributed by atoms with Crippen molar-refractivity contribution in [1.29, 1.82) is 0 Å². The molecule has 0 fully saturated rings. The highest BCUT2D eigenvalue weighted by Crippen LogP contribution is 2.36. The Morgan fingerprint density at radius 3 is 2.57 bits per heavy atom. The van der Waals surface area contributed by atoms with E-state index >= 15 is 0 Å². The SMILES string of the molecule is CCCc1cc2c3c(ccc2c2c1CCC=C2)CCC=C3. The maximum absolute atomic E-state index is 2.49. The molecule has 2 aromatic carbocycles. The van der Waals surface area contributed by atoms with Crippen molar-refractivity contribution in [2.24, 2.45) is 0 Å². The van der Waals surface area contributed by atoms with Gasteiger partial charge in [0.1, 0.15) is 0 Å². The number of fused-ring (bicyclic) bond motifs is 5. The van der Waals surface area contributed by atoms with Gasteiger partial charge in [-0.25, -0.2) is 0 Å². The molecule has 0 spiro atoms. The minimum Gasteiger partial charge on any atom is -0.0836 e. The minimum atomic E-state index is 1.19. The van der Waals surface area contributed by atoms with Gasteiger partial charge in [0.2, 0.25) is 0 Å². The Kier molecular flexibility index (Phi) is 3.18. The predicted molar refractivity (Wildman–Crippen MR) is 92.7 cm³/mol. The van der Waals surface area contributed by atoms with E-state index in [9.17, 15) is 0 Å². The summed E-state index contributed by atoms with van der Waals surface area (Å²) in [5.41, 5.74) is 7.66. The fourth-order valence-corrected chi connectivity index (χ4v) is 3.93. The van der Waals surface area contributed by atoms with E-state index in [0.29, 0.717) is 0 Å². The Balaban J connectivity index is 2.07. The van der Waals surface area contributed by atoms with Crippen LogP contribution in [0.2, 0.25) is 0 Å². The minimum absolute atomic E-state index is 1.19. The molecular formula is C21H22. The van der Waals surface area contributed by atoms with Gasteiger partial charge in [-0.1, -0.05) is 55.8 Å². The third-order valence-corrected chi connectivity index (χ3v) is 4.93. The monoisotopic (exact) mass is 274 g/mol. The highest BCUT2D eigenvalue weighted by Gasteiger charge is 2.16. The highest BCUT2D eigenvalue weighted by atomic mass is 14.2. The molecule has 0 saturated heterocycles. The number of allylic oxidation sites excluding steroid dienone is 2. The van der Waals surface area contributed by atoms with Crippen LogP contribution < -0.4 is 0 Å². The van der Waals surface area contributed by atoms with E-state index in [4.69, 9.17) is 0 Å². The number of rotatable bonds is 2. The molecule has 0 unspecified atom stereocenters. The summed E-state index contributed by atoms with van der Waals surface area (Å²) < 4.78 is 0. The molecule has 0 atom stereocenters. The molecule has 0 aromatic heterocycles. The van der Waals surface area contributed by atoms with E-state index in [2.05, 4.69) is 49.4 Å². The molecular weight excluding hydrogens is 252 g/mol. The standard InChI is InChI=1S/C21H22/c1-2-7-16-14-21-17-9-4-3-8-15(17)12-13-20(21)19-11-6-5-10-18(16)19/h4,6,9,11-14H,2-3,5,7-8,10H2,1H3. The van der Waals surface area contributed by atoms with E-state index in [1.807, 2.05) is 0 Å². The van der Waals surface area contributed by atoms with Crippen LogP contribution in [-0.2, 0) is 19.3 Å². The third-order valence-electron chi connectivity index (χ3n) is 4.93. The molecule has 0 amide bonds. The number of benzene rings is 2. The van der Waals surface area contributed by atoms with Crippen molar-refractivity contribution in [3.63, 3.8) is 0 Å². The van der Waals surface area contributed by atoms with E-state index in [0.717, 1.165) is 0 Å². The van der Waals surface area contributed by atoms with Crippen LogP contribution in [0.3, 0.4) is 0 Å².